The van der Waals surface area contributed by atoms with Gasteiger partial charge in [0.05, 0.1) is 12.2 Å². The molecule has 43 heavy (non-hydrogen) atoms. The van der Waals surface area contributed by atoms with Gasteiger partial charge in [-0.2, -0.15) is 0 Å². The van der Waals surface area contributed by atoms with Crippen molar-refractivity contribution in [2.45, 2.75) is 55.1 Å². The molecule has 1 heterocycles. The molecule has 2 atom stereocenters. The smallest absolute Gasteiger partial charge is 0.341 e. The SMILES string of the molecule is CCOC(=O)c1c(NC(=O)C(Sc2cccc(NC(=O)C3CC3)c2)c2ccccc2)sc2c1CCC(c1ccccc1)C2. The lowest BCUT2D eigenvalue weighted by atomic mass is 9.83. The lowest BCUT2D eigenvalue weighted by Gasteiger charge is -2.23. The van der Waals surface area contributed by atoms with Crippen molar-refractivity contribution >= 4 is 51.6 Å². The molecular formula is C35H34N2O4S2. The first-order valence-corrected chi connectivity index (χ1v) is 16.5. The minimum atomic E-state index is -0.582. The molecule has 8 heteroatoms. The third kappa shape index (κ3) is 6.86. The van der Waals surface area contributed by atoms with Crippen LogP contribution in [0.1, 0.15) is 69.3 Å². The number of esters is 1. The summed E-state index contributed by atoms with van der Waals surface area (Å²) in [6, 6.07) is 27.7. The van der Waals surface area contributed by atoms with Crippen LogP contribution in [-0.4, -0.2) is 24.4 Å². The topological polar surface area (TPSA) is 84.5 Å². The highest BCUT2D eigenvalue weighted by atomic mass is 32.2. The second kappa shape index (κ2) is 13.2. The maximum Gasteiger partial charge on any atom is 0.341 e. The summed E-state index contributed by atoms with van der Waals surface area (Å²) in [4.78, 5) is 41.6. The standard InChI is InChI=1S/C35H34N2O4S2/c1-2-41-35(40)30-28-19-18-25(22-10-5-3-6-11-22)20-29(28)43-34(30)37-33(39)31(23-12-7-4-8-13-23)42-27-15-9-14-26(21-27)36-32(38)24-16-17-24/h3-15,21,24-25,31H,2,16-20H2,1H3,(H,36,38)(H,37,39). The van der Waals surface area contributed by atoms with Crippen molar-refractivity contribution in [3.63, 3.8) is 0 Å². The molecule has 3 aromatic carbocycles. The van der Waals surface area contributed by atoms with Crippen molar-refractivity contribution in [2.75, 3.05) is 17.2 Å². The molecule has 1 fully saturated rings. The summed E-state index contributed by atoms with van der Waals surface area (Å²) >= 11 is 2.91. The van der Waals surface area contributed by atoms with E-state index in [0.717, 1.165) is 58.7 Å². The Labute approximate surface area is 260 Å². The van der Waals surface area contributed by atoms with Crippen LogP contribution < -0.4 is 10.6 Å². The average Bonchev–Trinajstić information content (AvgIpc) is 3.82. The van der Waals surface area contributed by atoms with Crippen molar-refractivity contribution in [3.8, 4) is 0 Å². The van der Waals surface area contributed by atoms with E-state index in [1.807, 2.05) is 60.7 Å². The van der Waals surface area contributed by atoms with Gasteiger partial charge in [0, 0.05) is 21.4 Å². The summed E-state index contributed by atoms with van der Waals surface area (Å²) in [5.74, 6) is -0.0930. The van der Waals surface area contributed by atoms with Gasteiger partial charge in [0.1, 0.15) is 10.3 Å². The monoisotopic (exact) mass is 610 g/mol. The molecule has 220 valence electrons. The van der Waals surface area contributed by atoms with Crippen LogP contribution in [0.5, 0.6) is 0 Å². The second-order valence-electron chi connectivity index (χ2n) is 11.0. The lowest BCUT2D eigenvalue weighted by molar-refractivity contribution is -0.117. The number of carbonyl (C=O) groups is 3. The molecule has 0 saturated heterocycles. The Morgan fingerprint density at radius 3 is 2.40 bits per heavy atom. The van der Waals surface area contributed by atoms with E-state index in [2.05, 4.69) is 34.9 Å². The molecule has 2 amide bonds. The van der Waals surface area contributed by atoms with Crippen molar-refractivity contribution in [3.05, 3.63) is 112 Å². The minimum Gasteiger partial charge on any atom is -0.462 e. The molecule has 0 bridgehead atoms. The largest absolute Gasteiger partial charge is 0.462 e. The quantitative estimate of drug-likeness (QED) is 0.140. The highest BCUT2D eigenvalue weighted by Crippen LogP contribution is 2.44. The molecule has 4 aromatic rings. The maximum atomic E-state index is 14.1. The molecule has 2 unspecified atom stereocenters. The van der Waals surface area contributed by atoms with Crippen LogP contribution >= 0.6 is 23.1 Å². The first kappa shape index (κ1) is 29.2. The Kier molecular flexibility index (Phi) is 8.95. The number of rotatable bonds is 10. The Hall–Kier alpha value is -3.88. The van der Waals surface area contributed by atoms with Gasteiger partial charge in [-0.1, -0.05) is 66.7 Å². The number of amides is 2. The fourth-order valence-electron chi connectivity index (χ4n) is 5.55. The van der Waals surface area contributed by atoms with E-state index < -0.39 is 11.2 Å². The van der Waals surface area contributed by atoms with Gasteiger partial charge in [0.25, 0.3) is 0 Å². The minimum absolute atomic E-state index is 0.0437. The van der Waals surface area contributed by atoms with Gasteiger partial charge in [-0.15, -0.1) is 23.1 Å². The van der Waals surface area contributed by atoms with Gasteiger partial charge >= 0.3 is 5.97 Å². The maximum absolute atomic E-state index is 14.1. The molecule has 6 rings (SSSR count). The number of anilines is 2. The van der Waals surface area contributed by atoms with Crippen LogP contribution in [0.4, 0.5) is 10.7 Å². The molecule has 2 aliphatic carbocycles. The number of hydrogen-bond acceptors (Lipinski definition) is 6. The fourth-order valence-corrected chi connectivity index (χ4v) is 7.96. The molecule has 6 nitrogen and oxygen atoms in total. The summed E-state index contributed by atoms with van der Waals surface area (Å²) in [5.41, 5.74) is 4.34. The van der Waals surface area contributed by atoms with Crippen LogP contribution in [0.15, 0.2) is 89.8 Å². The number of carbonyl (C=O) groups excluding carboxylic acids is 3. The van der Waals surface area contributed by atoms with E-state index in [1.54, 1.807) is 6.92 Å². The van der Waals surface area contributed by atoms with E-state index in [9.17, 15) is 14.4 Å². The van der Waals surface area contributed by atoms with Crippen LogP contribution in [-0.2, 0) is 27.2 Å². The molecule has 2 aliphatic rings. The highest BCUT2D eigenvalue weighted by molar-refractivity contribution is 8.00. The number of thiophene rings is 1. The Bertz CT molecular complexity index is 1620. The zero-order valence-corrected chi connectivity index (χ0v) is 25.6. The highest BCUT2D eigenvalue weighted by Gasteiger charge is 2.33. The summed E-state index contributed by atoms with van der Waals surface area (Å²) in [6.45, 7) is 2.06. The van der Waals surface area contributed by atoms with Crippen molar-refractivity contribution in [2.24, 2.45) is 5.92 Å². The van der Waals surface area contributed by atoms with Gasteiger partial charge in [-0.05, 0) is 79.8 Å². The Morgan fingerprint density at radius 1 is 0.930 bits per heavy atom. The predicted octanol–water partition coefficient (Wildman–Crippen LogP) is 8.02. The number of fused-ring (bicyclic) bond motifs is 1. The van der Waals surface area contributed by atoms with E-state index in [0.29, 0.717) is 16.5 Å². The molecule has 0 aliphatic heterocycles. The van der Waals surface area contributed by atoms with Gasteiger partial charge in [0.15, 0.2) is 0 Å². The van der Waals surface area contributed by atoms with Crippen molar-refractivity contribution in [1.29, 1.82) is 0 Å². The number of benzene rings is 3. The molecule has 2 N–H and O–H groups in total. The van der Waals surface area contributed by atoms with E-state index in [4.69, 9.17) is 4.74 Å². The summed E-state index contributed by atoms with van der Waals surface area (Å²) in [6.07, 6.45) is 4.38. The fraction of sp³-hybridized carbons (Fsp3) is 0.286. The zero-order chi connectivity index (χ0) is 29.8. The number of thioether (sulfide) groups is 1. The zero-order valence-electron chi connectivity index (χ0n) is 24.0. The third-order valence-electron chi connectivity index (χ3n) is 7.90. The average molecular weight is 611 g/mol. The molecule has 1 saturated carbocycles. The Balaban J connectivity index is 1.27. The molecular weight excluding hydrogens is 577 g/mol. The molecule has 0 spiro atoms. The van der Waals surface area contributed by atoms with Crippen LogP contribution in [0.3, 0.4) is 0 Å². The van der Waals surface area contributed by atoms with Gasteiger partial charge in [-0.25, -0.2) is 4.79 Å². The first-order valence-electron chi connectivity index (χ1n) is 14.8. The molecule has 0 radical (unpaired) electrons. The van der Waals surface area contributed by atoms with Crippen molar-refractivity contribution in [1.82, 2.24) is 0 Å². The van der Waals surface area contributed by atoms with Crippen molar-refractivity contribution < 1.29 is 19.1 Å². The summed E-state index contributed by atoms with van der Waals surface area (Å²) in [7, 11) is 0. The normalized spacial score (nSPS) is 16.5. The number of hydrogen-bond donors (Lipinski definition) is 2. The van der Waals surface area contributed by atoms with Crippen LogP contribution in [0, 0.1) is 5.92 Å². The summed E-state index contributed by atoms with van der Waals surface area (Å²) in [5, 5.41) is 6.11. The third-order valence-corrected chi connectivity index (χ3v) is 10.3. The van der Waals surface area contributed by atoms with E-state index >= 15 is 0 Å². The van der Waals surface area contributed by atoms with Gasteiger partial charge in [-0.3, -0.25) is 9.59 Å². The molecule has 1 aromatic heterocycles. The van der Waals surface area contributed by atoms with Crippen LogP contribution in [0.25, 0.3) is 0 Å². The van der Waals surface area contributed by atoms with Gasteiger partial charge < -0.3 is 15.4 Å². The lowest BCUT2D eigenvalue weighted by Crippen LogP contribution is -2.20. The second-order valence-corrected chi connectivity index (χ2v) is 13.3. The van der Waals surface area contributed by atoms with E-state index in [1.165, 1.54) is 28.7 Å². The van der Waals surface area contributed by atoms with E-state index in [-0.39, 0.29) is 24.3 Å². The Morgan fingerprint density at radius 2 is 1.67 bits per heavy atom. The number of ether oxygens (including phenoxy) is 1. The first-order chi connectivity index (χ1) is 21.0. The van der Waals surface area contributed by atoms with Crippen LogP contribution in [0.2, 0.25) is 0 Å². The predicted molar refractivity (Wildman–Crippen MR) is 173 cm³/mol. The number of nitrogens with one attached hydrogen (secondary N) is 2. The summed E-state index contributed by atoms with van der Waals surface area (Å²) < 4.78 is 5.47. The van der Waals surface area contributed by atoms with Gasteiger partial charge in [0.2, 0.25) is 11.8 Å².